The maximum absolute atomic E-state index is 12.3. The van der Waals surface area contributed by atoms with E-state index in [-0.39, 0.29) is 11.8 Å². The molecule has 1 heterocycles. The van der Waals surface area contributed by atoms with E-state index in [1.807, 2.05) is 50.8 Å². The van der Waals surface area contributed by atoms with Crippen LogP contribution in [0.2, 0.25) is 0 Å². The molecule has 25 heavy (non-hydrogen) atoms. The Kier molecular flexibility index (Phi) is 6.42. The van der Waals surface area contributed by atoms with E-state index in [1.165, 1.54) is 0 Å². The van der Waals surface area contributed by atoms with Crippen molar-refractivity contribution in [3.05, 3.63) is 35.0 Å². The lowest BCUT2D eigenvalue weighted by molar-refractivity contribution is -0.114. The summed E-state index contributed by atoms with van der Waals surface area (Å²) in [4.78, 5) is 14.3. The van der Waals surface area contributed by atoms with Gasteiger partial charge >= 0.3 is 0 Å². The highest BCUT2D eigenvalue weighted by Crippen LogP contribution is 2.36. The number of nitrogens with zero attached hydrogens (tertiary/aromatic N) is 1. The van der Waals surface area contributed by atoms with E-state index in [0.717, 1.165) is 16.8 Å². The van der Waals surface area contributed by atoms with Crippen LogP contribution in [0.1, 0.15) is 46.2 Å². The predicted molar refractivity (Wildman–Crippen MR) is 103 cm³/mol. The van der Waals surface area contributed by atoms with Gasteiger partial charge in [-0.2, -0.15) is 0 Å². The minimum atomic E-state index is -0.289. The molecule has 1 aliphatic rings. The fraction of sp³-hybridized carbons (Fsp3) is 0.474. The van der Waals surface area contributed by atoms with Crippen molar-refractivity contribution in [3.8, 4) is 11.5 Å². The minimum Gasteiger partial charge on any atom is -0.490 e. The molecule has 0 spiro atoms. The molecule has 0 saturated carbocycles. The maximum atomic E-state index is 12.3. The summed E-state index contributed by atoms with van der Waals surface area (Å²) in [5.74, 6) is 1.41. The second-order valence-corrected chi connectivity index (χ2v) is 6.14. The Hall–Kier alpha value is -2.08. The Morgan fingerprint density at radius 3 is 2.40 bits per heavy atom. The monoisotopic (exact) mass is 362 g/mol. The molecule has 1 unspecified atom stereocenters. The molecule has 2 rings (SSSR count). The van der Waals surface area contributed by atoms with Crippen LogP contribution < -0.4 is 14.8 Å². The van der Waals surface area contributed by atoms with Crippen LogP contribution in [0.25, 0.3) is 0 Å². The molecular weight excluding hydrogens is 336 g/mol. The zero-order valence-electron chi connectivity index (χ0n) is 15.5. The quantitative estimate of drug-likeness (QED) is 0.748. The highest BCUT2D eigenvalue weighted by molar-refractivity contribution is 7.80. The molecule has 0 bridgehead atoms. The average Bonchev–Trinajstić information content (AvgIpc) is 2.56. The summed E-state index contributed by atoms with van der Waals surface area (Å²) in [5, 5.41) is 3.93. The van der Waals surface area contributed by atoms with Gasteiger partial charge in [0, 0.05) is 17.8 Å². The number of hydrogen-bond acceptors (Lipinski definition) is 4. The highest BCUT2D eigenvalue weighted by atomic mass is 32.1. The van der Waals surface area contributed by atoms with Gasteiger partial charge in [0.25, 0.3) is 0 Å². The third-order valence-corrected chi connectivity index (χ3v) is 4.53. The molecule has 1 N–H and O–H groups in total. The van der Waals surface area contributed by atoms with Crippen molar-refractivity contribution in [1.82, 2.24) is 10.2 Å². The van der Waals surface area contributed by atoms with Gasteiger partial charge in [-0.3, -0.25) is 4.79 Å². The minimum absolute atomic E-state index is 0.0304. The average molecular weight is 362 g/mol. The number of nitrogens with one attached hydrogen (secondary N) is 1. The summed E-state index contributed by atoms with van der Waals surface area (Å²) in [7, 11) is 0. The van der Waals surface area contributed by atoms with E-state index in [0.29, 0.717) is 36.4 Å². The van der Waals surface area contributed by atoms with Gasteiger partial charge in [0.1, 0.15) is 0 Å². The van der Waals surface area contributed by atoms with Crippen LogP contribution >= 0.6 is 12.2 Å². The van der Waals surface area contributed by atoms with Crippen LogP contribution in [0, 0.1) is 0 Å². The molecule has 0 aromatic heterocycles. The van der Waals surface area contributed by atoms with Gasteiger partial charge in [-0.1, -0.05) is 6.07 Å². The van der Waals surface area contributed by atoms with E-state index in [4.69, 9.17) is 21.7 Å². The lowest BCUT2D eigenvalue weighted by atomic mass is 9.92. The Morgan fingerprint density at radius 1 is 1.20 bits per heavy atom. The van der Waals surface area contributed by atoms with E-state index < -0.39 is 0 Å². The van der Waals surface area contributed by atoms with Gasteiger partial charge in [-0.25, -0.2) is 0 Å². The van der Waals surface area contributed by atoms with Crippen molar-refractivity contribution in [2.75, 3.05) is 19.8 Å². The van der Waals surface area contributed by atoms with Crippen molar-refractivity contribution in [2.24, 2.45) is 0 Å². The number of rotatable bonds is 7. The summed E-state index contributed by atoms with van der Waals surface area (Å²) in [6, 6.07) is 5.47. The molecule has 0 radical (unpaired) electrons. The molecule has 0 saturated heterocycles. The second-order valence-electron chi connectivity index (χ2n) is 5.75. The van der Waals surface area contributed by atoms with Crippen LogP contribution in [0.15, 0.2) is 29.5 Å². The Bertz CT molecular complexity index is 700. The number of ketones is 1. The fourth-order valence-electron chi connectivity index (χ4n) is 3.12. The van der Waals surface area contributed by atoms with E-state index in [1.54, 1.807) is 6.92 Å². The largest absolute Gasteiger partial charge is 0.490 e. The molecule has 0 aliphatic carbocycles. The highest BCUT2D eigenvalue weighted by Gasteiger charge is 2.32. The number of thiocarbonyl (C=S) groups is 1. The van der Waals surface area contributed by atoms with Gasteiger partial charge in [0.2, 0.25) is 0 Å². The molecule has 136 valence electrons. The molecule has 0 amide bonds. The summed E-state index contributed by atoms with van der Waals surface area (Å²) in [6.45, 7) is 11.2. The predicted octanol–water partition coefficient (Wildman–Crippen LogP) is 3.60. The first kappa shape index (κ1) is 19.2. The Labute approximate surface area is 155 Å². The van der Waals surface area contributed by atoms with Gasteiger partial charge in [-0.05, 0) is 64.5 Å². The topological polar surface area (TPSA) is 50.8 Å². The third kappa shape index (κ3) is 3.95. The van der Waals surface area contributed by atoms with Gasteiger partial charge < -0.3 is 19.7 Å². The van der Waals surface area contributed by atoms with E-state index in [2.05, 4.69) is 5.32 Å². The molecule has 1 aromatic carbocycles. The number of Topliss-reactive ketones (excluding diaryl/α,β-unsaturated/α-hetero) is 1. The first-order chi connectivity index (χ1) is 11.9. The fourth-order valence-corrected chi connectivity index (χ4v) is 3.50. The van der Waals surface area contributed by atoms with Crippen LogP contribution in [0.5, 0.6) is 11.5 Å². The SMILES string of the molecule is CCOc1ccc(C2NC(=S)N(CC)C(C)=C2C(C)=O)cc1OCC. The normalized spacial score (nSPS) is 17.4. The number of ether oxygens (including phenoxy) is 2. The van der Waals surface area contributed by atoms with Crippen LogP contribution in [0.3, 0.4) is 0 Å². The zero-order chi connectivity index (χ0) is 18.6. The standard InChI is InChI=1S/C19H26N2O3S/c1-6-21-12(4)17(13(5)22)18(20-19(21)25)14-9-10-15(23-7-2)16(11-14)24-8-3/h9-11,18H,6-8H2,1-5H3,(H,20,25). The molecule has 1 atom stereocenters. The molecule has 6 heteroatoms. The van der Waals surface area contributed by atoms with Gasteiger partial charge in [-0.15, -0.1) is 0 Å². The van der Waals surface area contributed by atoms with Crippen LogP contribution in [-0.4, -0.2) is 35.6 Å². The number of carbonyl (C=O) groups is 1. The van der Waals surface area contributed by atoms with Crippen LogP contribution in [-0.2, 0) is 4.79 Å². The van der Waals surface area contributed by atoms with Gasteiger partial charge in [0.15, 0.2) is 22.4 Å². The van der Waals surface area contributed by atoms with Crippen molar-refractivity contribution in [3.63, 3.8) is 0 Å². The summed E-state index contributed by atoms with van der Waals surface area (Å²) in [5.41, 5.74) is 2.55. The number of allylic oxidation sites excluding steroid dienone is 1. The lowest BCUT2D eigenvalue weighted by Gasteiger charge is -2.37. The van der Waals surface area contributed by atoms with Crippen molar-refractivity contribution >= 4 is 23.1 Å². The van der Waals surface area contributed by atoms with E-state index in [9.17, 15) is 4.79 Å². The number of benzene rings is 1. The Balaban J connectivity index is 2.51. The van der Waals surface area contributed by atoms with Crippen molar-refractivity contribution < 1.29 is 14.3 Å². The summed E-state index contributed by atoms with van der Waals surface area (Å²) >= 11 is 5.48. The zero-order valence-corrected chi connectivity index (χ0v) is 16.3. The lowest BCUT2D eigenvalue weighted by Crippen LogP contribution is -2.47. The molecule has 1 aromatic rings. The summed E-state index contributed by atoms with van der Waals surface area (Å²) in [6.07, 6.45) is 0. The van der Waals surface area contributed by atoms with Crippen LogP contribution in [0.4, 0.5) is 0 Å². The van der Waals surface area contributed by atoms with Gasteiger partial charge in [0.05, 0.1) is 19.3 Å². The molecule has 0 fully saturated rings. The summed E-state index contributed by atoms with van der Waals surface area (Å²) < 4.78 is 11.3. The Morgan fingerprint density at radius 2 is 1.84 bits per heavy atom. The van der Waals surface area contributed by atoms with Crippen molar-refractivity contribution in [1.29, 1.82) is 0 Å². The number of carbonyl (C=O) groups excluding carboxylic acids is 1. The molecule has 1 aliphatic heterocycles. The molecule has 5 nitrogen and oxygen atoms in total. The number of hydrogen-bond donors (Lipinski definition) is 1. The van der Waals surface area contributed by atoms with E-state index >= 15 is 0 Å². The maximum Gasteiger partial charge on any atom is 0.173 e. The van der Waals surface area contributed by atoms with Crippen molar-refractivity contribution in [2.45, 2.75) is 40.7 Å². The first-order valence-corrected chi connectivity index (χ1v) is 9.04. The smallest absolute Gasteiger partial charge is 0.173 e. The first-order valence-electron chi connectivity index (χ1n) is 8.63. The molecular formula is C19H26N2O3S. The second kappa shape index (κ2) is 8.34. The third-order valence-electron chi connectivity index (χ3n) is 4.19.